The normalized spacial score (nSPS) is 15.4. The van der Waals surface area contributed by atoms with Gasteiger partial charge in [0, 0.05) is 28.4 Å². The van der Waals surface area contributed by atoms with E-state index in [4.69, 9.17) is 4.98 Å². The monoisotopic (exact) mass is 302 g/mol. The topological polar surface area (TPSA) is 45.2 Å². The van der Waals surface area contributed by atoms with Crippen LogP contribution in [-0.4, -0.2) is 16.1 Å². The van der Waals surface area contributed by atoms with E-state index in [1.54, 1.807) is 23.5 Å². The smallest absolute Gasteiger partial charge is 0.124 e. The second kappa shape index (κ2) is 5.43. The Labute approximate surface area is 130 Å². The van der Waals surface area contributed by atoms with Crippen LogP contribution < -0.4 is 5.32 Å². The average molecular weight is 302 g/mol. The molecule has 2 aromatic rings. The summed E-state index contributed by atoms with van der Waals surface area (Å²) >= 11 is 1.73. The zero-order valence-electron chi connectivity index (χ0n) is 12.8. The molecule has 1 saturated carbocycles. The van der Waals surface area contributed by atoms with Crippen molar-refractivity contribution in [1.82, 2.24) is 10.3 Å². The molecule has 0 atom stereocenters. The Hall–Kier alpha value is -1.39. The molecule has 4 heteroatoms. The summed E-state index contributed by atoms with van der Waals surface area (Å²) in [6.45, 7) is 7.51. The zero-order valence-corrected chi connectivity index (χ0v) is 13.6. The molecule has 0 saturated heterocycles. The highest BCUT2D eigenvalue weighted by atomic mass is 32.1. The molecule has 2 N–H and O–H groups in total. The maximum atomic E-state index is 9.66. The fraction of sp³-hybridized carbons (Fsp3) is 0.471. The van der Waals surface area contributed by atoms with Crippen LogP contribution in [0, 0.1) is 0 Å². The van der Waals surface area contributed by atoms with E-state index in [1.165, 1.54) is 23.4 Å². The Balaban J connectivity index is 1.94. The van der Waals surface area contributed by atoms with Gasteiger partial charge in [-0.2, -0.15) is 0 Å². The van der Waals surface area contributed by atoms with Crippen LogP contribution in [-0.2, 0) is 12.0 Å². The molecule has 0 aliphatic heterocycles. The Morgan fingerprint density at radius 3 is 2.71 bits per heavy atom. The van der Waals surface area contributed by atoms with Crippen LogP contribution in [0.25, 0.3) is 10.6 Å². The van der Waals surface area contributed by atoms with Gasteiger partial charge in [-0.05, 0) is 25.0 Å². The van der Waals surface area contributed by atoms with Gasteiger partial charge >= 0.3 is 0 Å². The highest BCUT2D eigenvalue weighted by Crippen LogP contribution is 2.35. The number of phenols is 1. The van der Waals surface area contributed by atoms with Gasteiger partial charge in [0.2, 0.25) is 0 Å². The van der Waals surface area contributed by atoms with Crippen molar-refractivity contribution in [2.75, 3.05) is 0 Å². The molecule has 1 heterocycles. The van der Waals surface area contributed by atoms with Crippen molar-refractivity contribution in [2.45, 2.75) is 51.6 Å². The molecule has 3 nitrogen and oxygen atoms in total. The van der Waals surface area contributed by atoms with E-state index in [2.05, 4.69) is 26.1 Å². The van der Waals surface area contributed by atoms with Gasteiger partial charge in [-0.15, -0.1) is 11.3 Å². The van der Waals surface area contributed by atoms with Gasteiger partial charge in [0.05, 0.1) is 5.69 Å². The number of aromatic hydroxyl groups is 1. The molecule has 1 aliphatic carbocycles. The molecule has 0 spiro atoms. The molecule has 112 valence electrons. The van der Waals surface area contributed by atoms with Crippen molar-refractivity contribution < 1.29 is 5.11 Å². The van der Waals surface area contributed by atoms with Crippen LogP contribution in [0.1, 0.15) is 44.2 Å². The maximum absolute atomic E-state index is 9.66. The van der Waals surface area contributed by atoms with E-state index in [1.807, 2.05) is 12.1 Å². The number of benzene rings is 1. The van der Waals surface area contributed by atoms with Crippen molar-refractivity contribution >= 4 is 11.3 Å². The van der Waals surface area contributed by atoms with Gasteiger partial charge in [0.15, 0.2) is 0 Å². The summed E-state index contributed by atoms with van der Waals surface area (Å²) in [6.07, 6.45) is 2.59. The summed E-state index contributed by atoms with van der Waals surface area (Å²) in [5, 5.41) is 14.2. The molecule has 1 aliphatic rings. The van der Waals surface area contributed by atoms with Crippen molar-refractivity contribution in [3.8, 4) is 16.3 Å². The van der Waals surface area contributed by atoms with Gasteiger partial charge in [-0.25, -0.2) is 4.98 Å². The standard InChI is InChI=1S/C17H22N2OS/c1-17(2,3)15-14(10-18-12-7-8-12)21-16(19-15)11-5-4-6-13(20)9-11/h4-6,9,12,18,20H,7-8,10H2,1-3H3. The van der Waals surface area contributed by atoms with Gasteiger partial charge in [-0.1, -0.05) is 32.9 Å². The number of phenolic OH excluding ortho intramolecular Hbond substituents is 1. The second-order valence-electron chi connectivity index (χ2n) is 6.75. The number of aromatic nitrogens is 1. The SMILES string of the molecule is CC(C)(C)c1nc(-c2cccc(O)c2)sc1CNC1CC1. The summed E-state index contributed by atoms with van der Waals surface area (Å²) in [5.41, 5.74) is 2.19. The van der Waals surface area contributed by atoms with Gasteiger partial charge in [0.25, 0.3) is 0 Å². The first-order valence-electron chi connectivity index (χ1n) is 7.46. The van der Waals surface area contributed by atoms with Crippen LogP contribution in [0.3, 0.4) is 0 Å². The predicted octanol–water partition coefficient (Wildman–Crippen LogP) is 4.07. The minimum absolute atomic E-state index is 0.0339. The Bertz CT molecular complexity index is 638. The molecule has 0 amide bonds. The van der Waals surface area contributed by atoms with Crippen LogP contribution in [0.4, 0.5) is 0 Å². The van der Waals surface area contributed by atoms with Crippen molar-refractivity contribution in [3.63, 3.8) is 0 Å². The number of rotatable bonds is 4. The van der Waals surface area contributed by atoms with Crippen molar-refractivity contribution in [2.24, 2.45) is 0 Å². The maximum Gasteiger partial charge on any atom is 0.124 e. The summed E-state index contributed by atoms with van der Waals surface area (Å²) in [5.74, 6) is 0.290. The number of hydrogen-bond donors (Lipinski definition) is 2. The van der Waals surface area contributed by atoms with Crippen molar-refractivity contribution in [3.05, 3.63) is 34.8 Å². The van der Waals surface area contributed by atoms with Gasteiger partial charge in [-0.3, -0.25) is 0 Å². The lowest BCUT2D eigenvalue weighted by molar-refractivity contribution is 0.475. The Kier molecular flexibility index (Phi) is 3.76. The summed E-state index contributed by atoms with van der Waals surface area (Å²) in [6, 6.07) is 8.04. The van der Waals surface area contributed by atoms with E-state index in [9.17, 15) is 5.11 Å². The lowest BCUT2D eigenvalue weighted by Crippen LogP contribution is -2.19. The third kappa shape index (κ3) is 3.44. The minimum atomic E-state index is 0.0339. The second-order valence-corrected chi connectivity index (χ2v) is 7.83. The highest BCUT2D eigenvalue weighted by molar-refractivity contribution is 7.15. The molecular weight excluding hydrogens is 280 g/mol. The number of nitrogens with one attached hydrogen (secondary N) is 1. The summed E-state index contributed by atoms with van der Waals surface area (Å²) in [4.78, 5) is 6.17. The third-order valence-corrected chi connectivity index (χ3v) is 4.73. The first kappa shape index (κ1) is 14.5. The average Bonchev–Trinajstić information content (AvgIpc) is 3.13. The van der Waals surface area contributed by atoms with E-state index in [-0.39, 0.29) is 11.2 Å². The van der Waals surface area contributed by atoms with Crippen molar-refractivity contribution in [1.29, 1.82) is 0 Å². The molecule has 0 radical (unpaired) electrons. The minimum Gasteiger partial charge on any atom is -0.508 e. The molecule has 21 heavy (non-hydrogen) atoms. The summed E-state index contributed by atoms with van der Waals surface area (Å²) < 4.78 is 0. The number of hydrogen-bond acceptors (Lipinski definition) is 4. The molecule has 3 rings (SSSR count). The molecule has 1 fully saturated rings. The molecule has 0 unspecified atom stereocenters. The molecular formula is C17H22N2OS. The van der Waals surface area contributed by atoms with Crippen LogP contribution in [0.5, 0.6) is 5.75 Å². The van der Waals surface area contributed by atoms with E-state index < -0.39 is 0 Å². The van der Waals surface area contributed by atoms with E-state index in [0.29, 0.717) is 6.04 Å². The van der Waals surface area contributed by atoms with Crippen LogP contribution >= 0.6 is 11.3 Å². The van der Waals surface area contributed by atoms with Crippen LogP contribution in [0.15, 0.2) is 24.3 Å². The predicted molar refractivity (Wildman–Crippen MR) is 87.8 cm³/mol. The Morgan fingerprint density at radius 2 is 2.10 bits per heavy atom. The summed E-state index contributed by atoms with van der Waals surface area (Å²) in [7, 11) is 0. The zero-order chi connectivity index (χ0) is 15.0. The molecule has 1 aromatic heterocycles. The third-order valence-electron chi connectivity index (χ3n) is 3.63. The first-order valence-corrected chi connectivity index (χ1v) is 8.28. The Morgan fingerprint density at radius 1 is 1.33 bits per heavy atom. The number of thiazole rings is 1. The largest absolute Gasteiger partial charge is 0.508 e. The quantitative estimate of drug-likeness (QED) is 0.895. The fourth-order valence-electron chi connectivity index (χ4n) is 2.34. The lowest BCUT2D eigenvalue weighted by Gasteiger charge is -2.17. The first-order chi connectivity index (χ1) is 9.93. The molecule has 0 bridgehead atoms. The van der Waals surface area contributed by atoms with Crippen LogP contribution in [0.2, 0.25) is 0 Å². The lowest BCUT2D eigenvalue weighted by atomic mass is 9.91. The van der Waals surface area contributed by atoms with Gasteiger partial charge < -0.3 is 10.4 Å². The molecule has 1 aromatic carbocycles. The van der Waals surface area contributed by atoms with Gasteiger partial charge in [0.1, 0.15) is 10.8 Å². The van der Waals surface area contributed by atoms with E-state index >= 15 is 0 Å². The fourth-order valence-corrected chi connectivity index (χ4v) is 3.56. The van der Waals surface area contributed by atoms with E-state index in [0.717, 1.165) is 17.1 Å². The number of nitrogens with zero attached hydrogens (tertiary/aromatic N) is 1. The highest BCUT2D eigenvalue weighted by Gasteiger charge is 2.26.